The van der Waals surface area contributed by atoms with E-state index in [2.05, 4.69) is 45.0 Å². The van der Waals surface area contributed by atoms with Gasteiger partial charge in [-0.25, -0.2) is 15.4 Å². The van der Waals surface area contributed by atoms with Gasteiger partial charge >= 0.3 is 0 Å². The van der Waals surface area contributed by atoms with Gasteiger partial charge < -0.3 is 19.1 Å². The van der Waals surface area contributed by atoms with Crippen LogP contribution in [0.1, 0.15) is 16.8 Å². The third kappa shape index (κ3) is 6.20. The highest BCUT2D eigenvalue weighted by Crippen LogP contribution is 2.26. The number of hydrogen-bond acceptors (Lipinski definition) is 8. The molecule has 0 unspecified atom stereocenters. The second kappa shape index (κ2) is 11.3. The van der Waals surface area contributed by atoms with E-state index in [0.29, 0.717) is 6.54 Å². The van der Waals surface area contributed by atoms with Gasteiger partial charge in [0.05, 0.1) is 39.7 Å². The van der Waals surface area contributed by atoms with Gasteiger partial charge in [-0.15, -0.1) is 11.3 Å². The molecule has 1 aliphatic heterocycles. The summed E-state index contributed by atoms with van der Waals surface area (Å²) in [5.41, 5.74) is 6.86. The summed E-state index contributed by atoms with van der Waals surface area (Å²) < 4.78 is 16.2. The average molecular weight is 455 g/mol. The Morgan fingerprint density at radius 2 is 1.62 bits per heavy atom. The van der Waals surface area contributed by atoms with Gasteiger partial charge in [-0.2, -0.15) is 0 Å². The first kappa shape index (κ1) is 22.5. The summed E-state index contributed by atoms with van der Waals surface area (Å²) in [4.78, 5) is 7.23. The van der Waals surface area contributed by atoms with Gasteiger partial charge in [0.2, 0.25) is 0 Å². The van der Waals surface area contributed by atoms with Crippen LogP contribution in [0.5, 0.6) is 11.5 Å². The largest absolute Gasteiger partial charge is 0.497 e. The number of hydrogen-bond donors (Lipinski definition) is 1. The van der Waals surface area contributed by atoms with E-state index in [1.54, 1.807) is 25.6 Å². The van der Waals surface area contributed by atoms with E-state index in [4.69, 9.17) is 19.2 Å². The quantitative estimate of drug-likeness (QED) is 0.501. The van der Waals surface area contributed by atoms with Crippen molar-refractivity contribution in [2.24, 2.45) is 0 Å². The zero-order valence-corrected chi connectivity index (χ0v) is 19.4. The lowest BCUT2D eigenvalue weighted by Crippen LogP contribution is -2.45. The van der Waals surface area contributed by atoms with Crippen molar-refractivity contribution >= 4 is 16.5 Å². The number of aromatic nitrogens is 1. The molecule has 2 heterocycles. The molecule has 0 bridgehead atoms. The average Bonchev–Trinajstić information content (AvgIpc) is 3.32. The number of benzene rings is 2. The van der Waals surface area contributed by atoms with Crippen molar-refractivity contribution in [2.45, 2.75) is 19.6 Å². The predicted octanol–water partition coefficient (Wildman–Crippen LogP) is 3.70. The molecular weight excluding hydrogens is 424 g/mol. The van der Waals surface area contributed by atoms with Crippen LogP contribution in [0.3, 0.4) is 0 Å². The van der Waals surface area contributed by atoms with Crippen LogP contribution >= 0.6 is 11.3 Å². The highest BCUT2D eigenvalue weighted by molar-refractivity contribution is 7.13. The molecule has 170 valence electrons. The standard InChI is InChI=1S/C24H30N4O3S/c1-29-22-7-3-5-19(13-22)16-27(17-20-6-4-8-23(14-20)30-2)24-26-21(18-32-24)15-25-28-9-11-31-12-10-28/h3-8,13-14,18,25H,9-12,15-17H2,1-2H3. The van der Waals surface area contributed by atoms with Gasteiger partial charge in [0.25, 0.3) is 0 Å². The van der Waals surface area contributed by atoms with E-state index in [1.165, 1.54) is 11.1 Å². The molecule has 3 aromatic rings. The topological polar surface area (TPSA) is 59.1 Å². The third-order valence-electron chi connectivity index (χ3n) is 5.32. The van der Waals surface area contributed by atoms with Crippen LogP contribution in [0.2, 0.25) is 0 Å². The summed E-state index contributed by atoms with van der Waals surface area (Å²) in [7, 11) is 3.39. The lowest BCUT2D eigenvalue weighted by atomic mass is 10.1. The number of ether oxygens (including phenoxy) is 3. The molecule has 0 spiro atoms. The number of nitrogens with zero attached hydrogens (tertiary/aromatic N) is 3. The monoisotopic (exact) mass is 454 g/mol. The Bertz CT molecular complexity index is 941. The van der Waals surface area contributed by atoms with Crippen molar-refractivity contribution in [3.05, 3.63) is 70.7 Å². The summed E-state index contributed by atoms with van der Waals surface area (Å²) >= 11 is 1.67. The number of methoxy groups -OCH3 is 2. The van der Waals surface area contributed by atoms with Crippen molar-refractivity contribution in [3.63, 3.8) is 0 Å². The Labute approximate surface area is 193 Å². The van der Waals surface area contributed by atoms with Crippen molar-refractivity contribution in [1.82, 2.24) is 15.4 Å². The molecule has 1 fully saturated rings. The number of morpholine rings is 1. The molecule has 1 aromatic heterocycles. The van der Waals surface area contributed by atoms with Gasteiger partial charge in [-0.05, 0) is 35.4 Å². The van der Waals surface area contributed by atoms with Crippen LogP contribution in [0.25, 0.3) is 0 Å². The van der Waals surface area contributed by atoms with Gasteiger partial charge in [-0.3, -0.25) is 0 Å². The van der Waals surface area contributed by atoms with E-state index < -0.39 is 0 Å². The third-order valence-corrected chi connectivity index (χ3v) is 6.27. The first-order valence-corrected chi connectivity index (χ1v) is 11.6. The summed E-state index contributed by atoms with van der Waals surface area (Å²) in [6.07, 6.45) is 0. The van der Waals surface area contributed by atoms with E-state index in [9.17, 15) is 0 Å². The van der Waals surface area contributed by atoms with Crippen LogP contribution in [-0.4, -0.2) is 50.5 Å². The Morgan fingerprint density at radius 1 is 1.00 bits per heavy atom. The van der Waals surface area contributed by atoms with E-state index in [1.807, 2.05) is 24.3 Å². The van der Waals surface area contributed by atoms with Gasteiger partial charge in [-0.1, -0.05) is 24.3 Å². The molecule has 1 aliphatic rings. The molecular formula is C24H30N4O3S. The second-order valence-electron chi connectivity index (χ2n) is 7.61. The Hall–Kier alpha value is -2.65. The summed E-state index contributed by atoms with van der Waals surface area (Å²) in [5.74, 6) is 1.72. The number of anilines is 1. The Morgan fingerprint density at radius 3 is 2.22 bits per heavy atom. The van der Waals surface area contributed by atoms with Crippen LogP contribution < -0.4 is 19.8 Å². The van der Waals surface area contributed by atoms with Crippen LogP contribution in [-0.2, 0) is 24.4 Å². The number of hydrazine groups is 1. The predicted molar refractivity (Wildman–Crippen MR) is 127 cm³/mol. The maximum absolute atomic E-state index is 5.41. The lowest BCUT2D eigenvalue weighted by molar-refractivity contribution is 0.0104. The van der Waals surface area contributed by atoms with E-state index >= 15 is 0 Å². The zero-order valence-electron chi connectivity index (χ0n) is 18.6. The maximum atomic E-state index is 5.41. The fourth-order valence-corrected chi connectivity index (χ4v) is 4.44. The second-order valence-corrected chi connectivity index (χ2v) is 8.45. The SMILES string of the molecule is COc1cccc(CN(Cc2cccc(OC)c2)c2nc(CNN3CCOCC3)cs2)c1. The molecule has 0 amide bonds. The smallest absolute Gasteiger partial charge is 0.186 e. The van der Waals surface area contributed by atoms with Crippen LogP contribution in [0.15, 0.2) is 53.9 Å². The Balaban J connectivity index is 1.50. The molecule has 1 N–H and O–H groups in total. The molecule has 7 nitrogen and oxygen atoms in total. The molecule has 4 rings (SSSR count). The van der Waals surface area contributed by atoms with Crippen molar-refractivity contribution in [2.75, 3.05) is 45.4 Å². The lowest BCUT2D eigenvalue weighted by Gasteiger charge is -2.26. The normalized spacial score (nSPS) is 14.3. The Kier molecular flexibility index (Phi) is 7.95. The minimum absolute atomic E-state index is 0.711. The summed E-state index contributed by atoms with van der Waals surface area (Å²) in [5, 5.41) is 5.33. The number of rotatable bonds is 10. The molecule has 8 heteroatoms. The van der Waals surface area contributed by atoms with Crippen LogP contribution in [0.4, 0.5) is 5.13 Å². The zero-order chi connectivity index (χ0) is 22.2. The first-order chi connectivity index (χ1) is 15.7. The molecule has 0 radical (unpaired) electrons. The minimum Gasteiger partial charge on any atom is -0.497 e. The molecule has 1 saturated heterocycles. The molecule has 0 saturated carbocycles. The highest BCUT2D eigenvalue weighted by atomic mass is 32.1. The summed E-state index contributed by atoms with van der Waals surface area (Å²) in [6, 6.07) is 16.4. The van der Waals surface area contributed by atoms with Gasteiger partial charge in [0, 0.05) is 31.6 Å². The fourth-order valence-electron chi connectivity index (χ4n) is 3.61. The van der Waals surface area contributed by atoms with E-state index in [-0.39, 0.29) is 0 Å². The highest BCUT2D eigenvalue weighted by Gasteiger charge is 2.15. The fraction of sp³-hybridized carbons (Fsp3) is 0.375. The molecule has 32 heavy (non-hydrogen) atoms. The van der Waals surface area contributed by atoms with Gasteiger partial charge in [0.1, 0.15) is 11.5 Å². The maximum Gasteiger partial charge on any atom is 0.186 e. The molecule has 2 aromatic carbocycles. The number of thiazole rings is 1. The number of nitrogens with one attached hydrogen (secondary N) is 1. The van der Waals surface area contributed by atoms with Gasteiger partial charge in [0.15, 0.2) is 5.13 Å². The van der Waals surface area contributed by atoms with Crippen molar-refractivity contribution in [1.29, 1.82) is 0 Å². The molecule has 0 atom stereocenters. The molecule has 0 aliphatic carbocycles. The minimum atomic E-state index is 0.711. The summed E-state index contributed by atoms with van der Waals surface area (Å²) in [6.45, 7) is 5.51. The first-order valence-electron chi connectivity index (χ1n) is 10.7. The van der Waals surface area contributed by atoms with Crippen molar-refractivity contribution in [3.8, 4) is 11.5 Å². The van der Waals surface area contributed by atoms with Crippen LogP contribution in [0, 0.1) is 0 Å². The van der Waals surface area contributed by atoms with E-state index in [0.717, 1.165) is 61.7 Å². The van der Waals surface area contributed by atoms with Crippen molar-refractivity contribution < 1.29 is 14.2 Å².